The van der Waals surface area contributed by atoms with Crippen molar-refractivity contribution in [2.75, 3.05) is 0 Å². The van der Waals surface area contributed by atoms with E-state index in [0.717, 1.165) is 36.8 Å². The van der Waals surface area contributed by atoms with Crippen LogP contribution in [0.25, 0.3) is 11.4 Å². The minimum absolute atomic E-state index is 0.0799. The average molecular weight is 371 g/mol. The van der Waals surface area contributed by atoms with Crippen molar-refractivity contribution in [2.45, 2.75) is 64.5 Å². The Bertz CT molecular complexity index is 779. The van der Waals surface area contributed by atoms with E-state index < -0.39 is 12.1 Å². The normalized spacial score (nSPS) is 15.5. The second-order valence-electron chi connectivity index (χ2n) is 7.00. The molecule has 144 valence electrons. The molecule has 1 heterocycles. The van der Waals surface area contributed by atoms with Crippen molar-refractivity contribution < 1.29 is 18.8 Å². The SMILES string of the molecule is Cc1ccc(-c2noc(CCC(=O)O[C@H](C)C(=O)NC3CCCC3)n2)cc1. The lowest BCUT2D eigenvalue weighted by Gasteiger charge is -2.16. The molecule has 1 atom stereocenters. The zero-order chi connectivity index (χ0) is 19.2. The molecule has 0 radical (unpaired) electrons. The summed E-state index contributed by atoms with van der Waals surface area (Å²) >= 11 is 0. The first-order chi connectivity index (χ1) is 13.0. The molecule has 1 amide bonds. The summed E-state index contributed by atoms with van der Waals surface area (Å²) in [5, 5.41) is 6.86. The molecule has 0 spiro atoms. The van der Waals surface area contributed by atoms with Gasteiger partial charge in [-0.1, -0.05) is 47.8 Å². The fraction of sp³-hybridized carbons (Fsp3) is 0.500. The van der Waals surface area contributed by atoms with Crippen molar-refractivity contribution in [1.82, 2.24) is 15.5 Å². The second-order valence-corrected chi connectivity index (χ2v) is 7.00. The fourth-order valence-electron chi connectivity index (χ4n) is 3.08. The predicted octanol–water partition coefficient (Wildman–Crippen LogP) is 2.97. The van der Waals surface area contributed by atoms with E-state index in [2.05, 4.69) is 15.5 Å². The van der Waals surface area contributed by atoms with E-state index in [0.29, 0.717) is 11.7 Å². The van der Waals surface area contributed by atoms with E-state index in [4.69, 9.17) is 9.26 Å². The summed E-state index contributed by atoms with van der Waals surface area (Å²) in [6, 6.07) is 7.99. The molecule has 2 aromatic rings. The minimum atomic E-state index is -0.802. The molecule has 1 aliphatic rings. The maximum Gasteiger partial charge on any atom is 0.307 e. The van der Waals surface area contributed by atoms with Gasteiger partial charge in [0.1, 0.15) is 0 Å². The van der Waals surface area contributed by atoms with Crippen LogP contribution >= 0.6 is 0 Å². The molecule has 1 N–H and O–H groups in total. The third kappa shape index (κ3) is 5.39. The Labute approximate surface area is 158 Å². The van der Waals surface area contributed by atoms with Crippen molar-refractivity contribution in [3.63, 3.8) is 0 Å². The highest BCUT2D eigenvalue weighted by atomic mass is 16.5. The standard InChI is InChI=1S/C20H25N3O4/c1-13-7-9-15(10-8-13)19-22-17(27-23-19)11-12-18(24)26-14(2)20(25)21-16-5-3-4-6-16/h7-10,14,16H,3-6,11-12H2,1-2H3,(H,21,25)/t14-/m1/s1. The number of hydrogen-bond donors (Lipinski definition) is 1. The van der Waals surface area contributed by atoms with Crippen LogP contribution in [0, 0.1) is 6.92 Å². The van der Waals surface area contributed by atoms with Gasteiger partial charge in [0, 0.05) is 18.0 Å². The summed E-state index contributed by atoms with van der Waals surface area (Å²) in [6.45, 7) is 3.59. The number of carbonyl (C=O) groups is 2. The van der Waals surface area contributed by atoms with Gasteiger partial charge in [-0.2, -0.15) is 4.98 Å². The van der Waals surface area contributed by atoms with Crippen LogP contribution in [0.4, 0.5) is 0 Å². The van der Waals surface area contributed by atoms with E-state index >= 15 is 0 Å². The number of carbonyl (C=O) groups excluding carboxylic acids is 2. The number of nitrogens with one attached hydrogen (secondary N) is 1. The van der Waals surface area contributed by atoms with Crippen molar-refractivity contribution in [3.8, 4) is 11.4 Å². The van der Waals surface area contributed by atoms with E-state index in [1.165, 1.54) is 0 Å². The minimum Gasteiger partial charge on any atom is -0.453 e. The van der Waals surface area contributed by atoms with Gasteiger partial charge >= 0.3 is 5.97 Å². The Morgan fingerprint density at radius 3 is 2.67 bits per heavy atom. The Morgan fingerprint density at radius 2 is 1.96 bits per heavy atom. The highest BCUT2D eigenvalue weighted by Crippen LogP contribution is 2.18. The van der Waals surface area contributed by atoms with Crippen LogP contribution in [-0.4, -0.2) is 34.2 Å². The highest BCUT2D eigenvalue weighted by Gasteiger charge is 2.23. The van der Waals surface area contributed by atoms with Gasteiger partial charge in [0.05, 0.1) is 6.42 Å². The number of amides is 1. The van der Waals surface area contributed by atoms with Crippen LogP contribution in [-0.2, 0) is 20.7 Å². The van der Waals surface area contributed by atoms with Gasteiger partial charge in [-0.05, 0) is 26.7 Å². The van der Waals surface area contributed by atoms with Gasteiger partial charge in [0.25, 0.3) is 5.91 Å². The van der Waals surface area contributed by atoms with E-state index in [9.17, 15) is 9.59 Å². The number of rotatable bonds is 7. The summed E-state index contributed by atoms with van der Waals surface area (Å²) in [7, 11) is 0. The number of benzene rings is 1. The summed E-state index contributed by atoms with van der Waals surface area (Å²) in [4.78, 5) is 28.4. The Morgan fingerprint density at radius 1 is 1.26 bits per heavy atom. The Kier molecular flexibility index (Phi) is 6.21. The number of aryl methyl sites for hydroxylation is 2. The van der Waals surface area contributed by atoms with Crippen molar-refractivity contribution in [3.05, 3.63) is 35.7 Å². The topological polar surface area (TPSA) is 94.3 Å². The van der Waals surface area contributed by atoms with Crippen LogP contribution in [0.3, 0.4) is 0 Å². The molecule has 1 fully saturated rings. The van der Waals surface area contributed by atoms with Gasteiger partial charge in [0.15, 0.2) is 6.10 Å². The highest BCUT2D eigenvalue weighted by molar-refractivity contribution is 5.83. The van der Waals surface area contributed by atoms with Gasteiger partial charge in [-0.25, -0.2) is 0 Å². The molecule has 7 nitrogen and oxygen atoms in total. The number of aromatic nitrogens is 2. The lowest BCUT2D eigenvalue weighted by Crippen LogP contribution is -2.40. The van der Waals surface area contributed by atoms with Gasteiger partial charge in [-0.15, -0.1) is 0 Å². The zero-order valence-corrected chi connectivity index (χ0v) is 15.7. The average Bonchev–Trinajstić information content (AvgIpc) is 3.32. The van der Waals surface area contributed by atoms with Crippen LogP contribution in [0.5, 0.6) is 0 Å². The maximum absolute atomic E-state index is 12.1. The lowest BCUT2D eigenvalue weighted by atomic mass is 10.1. The number of ether oxygens (including phenoxy) is 1. The molecule has 0 aliphatic heterocycles. The Hall–Kier alpha value is -2.70. The molecule has 27 heavy (non-hydrogen) atoms. The van der Waals surface area contributed by atoms with Crippen molar-refractivity contribution in [2.24, 2.45) is 0 Å². The molecule has 0 saturated heterocycles. The molecule has 1 aromatic carbocycles. The third-order valence-electron chi connectivity index (χ3n) is 4.70. The summed E-state index contributed by atoms with van der Waals surface area (Å²) in [6.07, 6.45) is 3.80. The predicted molar refractivity (Wildman–Crippen MR) is 98.7 cm³/mol. The van der Waals surface area contributed by atoms with Crippen LogP contribution in [0.2, 0.25) is 0 Å². The molecule has 3 rings (SSSR count). The van der Waals surface area contributed by atoms with Crippen molar-refractivity contribution >= 4 is 11.9 Å². The molecule has 1 aromatic heterocycles. The molecule has 0 bridgehead atoms. The Balaban J connectivity index is 1.44. The van der Waals surface area contributed by atoms with E-state index in [1.807, 2.05) is 31.2 Å². The van der Waals surface area contributed by atoms with Crippen LogP contribution in [0.15, 0.2) is 28.8 Å². The fourth-order valence-corrected chi connectivity index (χ4v) is 3.08. The maximum atomic E-state index is 12.1. The summed E-state index contributed by atoms with van der Waals surface area (Å²) in [5.74, 6) is 0.155. The monoisotopic (exact) mass is 371 g/mol. The van der Waals surface area contributed by atoms with E-state index in [1.54, 1.807) is 6.92 Å². The zero-order valence-electron chi connectivity index (χ0n) is 15.7. The molecular formula is C20H25N3O4. The van der Waals surface area contributed by atoms with E-state index in [-0.39, 0.29) is 24.8 Å². The number of hydrogen-bond acceptors (Lipinski definition) is 6. The number of nitrogens with zero attached hydrogens (tertiary/aromatic N) is 2. The third-order valence-corrected chi connectivity index (χ3v) is 4.70. The van der Waals surface area contributed by atoms with Gasteiger partial charge in [0.2, 0.25) is 11.7 Å². The lowest BCUT2D eigenvalue weighted by molar-refractivity contribution is -0.155. The van der Waals surface area contributed by atoms with Crippen LogP contribution in [0.1, 0.15) is 50.5 Å². The number of esters is 1. The summed E-state index contributed by atoms with van der Waals surface area (Å²) in [5.41, 5.74) is 2.01. The largest absolute Gasteiger partial charge is 0.453 e. The van der Waals surface area contributed by atoms with Crippen LogP contribution < -0.4 is 5.32 Å². The molecule has 1 saturated carbocycles. The molecule has 7 heteroatoms. The van der Waals surface area contributed by atoms with Crippen molar-refractivity contribution in [1.29, 1.82) is 0 Å². The molecular weight excluding hydrogens is 346 g/mol. The first-order valence-electron chi connectivity index (χ1n) is 9.41. The molecule has 0 unspecified atom stereocenters. The summed E-state index contributed by atoms with van der Waals surface area (Å²) < 4.78 is 10.4. The van der Waals surface area contributed by atoms with Gasteiger partial charge < -0.3 is 14.6 Å². The first-order valence-corrected chi connectivity index (χ1v) is 9.41. The van der Waals surface area contributed by atoms with Gasteiger partial charge in [-0.3, -0.25) is 9.59 Å². The second kappa shape index (κ2) is 8.79. The molecule has 1 aliphatic carbocycles. The quantitative estimate of drug-likeness (QED) is 0.752. The smallest absolute Gasteiger partial charge is 0.307 e. The first kappa shape index (κ1) is 19.1.